The molecule has 0 radical (unpaired) electrons. The lowest BCUT2D eigenvalue weighted by atomic mass is 9.94. The van der Waals surface area contributed by atoms with E-state index in [1.54, 1.807) is 23.5 Å². The first-order valence-electron chi connectivity index (χ1n) is 11.2. The number of hydrogen-bond acceptors (Lipinski definition) is 5. The lowest BCUT2D eigenvalue weighted by molar-refractivity contribution is -0.133. The van der Waals surface area contributed by atoms with Crippen LogP contribution < -0.4 is 10.6 Å². The third kappa shape index (κ3) is 4.13. The zero-order valence-electron chi connectivity index (χ0n) is 19.8. The highest BCUT2D eigenvalue weighted by atomic mass is 16.5. The molecule has 9 nitrogen and oxygen atoms in total. The Kier molecular flexibility index (Phi) is 6.00. The Balaban J connectivity index is 1.65. The van der Waals surface area contributed by atoms with Crippen molar-refractivity contribution in [2.75, 3.05) is 25.6 Å². The Labute approximate surface area is 193 Å². The fourth-order valence-electron chi connectivity index (χ4n) is 4.73. The van der Waals surface area contributed by atoms with Crippen molar-refractivity contribution in [3.63, 3.8) is 0 Å². The summed E-state index contributed by atoms with van der Waals surface area (Å²) in [5, 5.41) is 5.80. The van der Waals surface area contributed by atoms with E-state index in [1.807, 2.05) is 32.9 Å². The quantitative estimate of drug-likeness (QED) is 0.626. The standard InChI is InChI=1S/C24H31N5O4/c1-14-10-15(2)18(16(3)11-14)27-21(30)19-20-22(31)29(17-6-7-17)24(4,12-28(20)13-26-19)23(32)25-8-9-33-5/h10-11,13,17H,6-9,12H2,1-5H3,(H,25,32)(H,27,30). The minimum absolute atomic E-state index is 0.0168. The number of nitrogens with one attached hydrogen (secondary N) is 2. The zero-order valence-corrected chi connectivity index (χ0v) is 19.8. The van der Waals surface area contributed by atoms with Crippen molar-refractivity contribution in [1.29, 1.82) is 0 Å². The van der Waals surface area contributed by atoms with Gasteiger partial charge in [0, 0.05) is 25.4 Å². The molecule has 4 rings (SSSR count). The molecule has 0 bridgehead atoms. The molecule has 1 aliphatic heterocycles. The summed E-state index contributed by atoms with van der Waals surface area (Å²) in [7, 11) is 1.57. The molecule has 2 aliphatic rings. The van der Waals surface area contributed by atoms with Crippen LogP contribution in [0.25, 0.3) is 0 Å². The van der Waals surface area contributed by atoms with Gasteiger partial charge in [0.15, 0.2) is 5.69 Å². The van der Waals surface area contributed by atoms with E-state index in [2.05, 4.69) is 15.6 Å². The first-order valence-corrected chi connectivity index (χ1v) is 11.2. The first kappa shape index (κ1) is 23.0. The van der Waals surface area contributed by atoms with Gasteiger partial charge in [-0.15, -0.1) is 0 Å². The average molecular weight is 454 g/mol. The van der Waals surface area contributed by atoms with E-state index in [1.165, 1.54) is 6.33 Å². The van der Waals surface area contributed by atoms with Gasteiger partial charge in [0.1, 0.15) is 11.2 Å². The van der Waals surface area contributed by atoms with Crippen LogP contribution in [0.5, 0.6) is 0 Å². The van der Waals surface area contributed by atoms with E-state index < -0.39 is 11.4 Å². The van der Waals surface area contributed by atoms with Crippen molar-refractivity contribution in [3.8, 4) is 0 Å². The summed E-state index contributed by atoms with van der Waals surface area (Å²) < 4.78 is 6.65. The maximum atomic E-state index is 13.6. The number of anilines is 1. The molecule has 1 aromatic carbocycles. The molecule has 1 aliphatic carbocycles. The number of fused-ring (bicyclic) bond motifs is 1. The minimum atomic E-state index is -1.07. The molecule has 1 saturated carbocycles. The second kappa shape index (κ2) is 8.62. The van der Waals surface area contributed by atoms with Gasteiger partial charge in [0.05, 0.1) is 19.5 Å². The number of nitrogens with zero attached hydrogens (tertiary/aromatic N) is 3. The van der Waals surface area contributed by atoms with Crippen LogP contribution in [0.1, 0.15) is 57.4 Å². The summed E-state index contributed by atoms with van der Waals surface area (Å²) in [6.07, 6.45) is 3.15. The zero-order chi connectivity index (χ0) is 23.9. The van der Waals surface area contributed by atoms with Gasteiger partial charge in [-0.05, 0) is 51.7 Å². The second-order valence-electron chi connectivity index (χ2n) is 9.23. The van der Waals surface area contributed by atoms with Crippen LogP contribution in [0.2, 0.25) is 0 Å². The number of rotatable bonds is 7. The van der Waals surface area contributed by atoms with Crippen LogP contribution in [0.3, 0.4) is 0 Å². The number of methoxy groups -OCH3 is 1. The number of carbonyl (C=O) groups is 3. The maximum Gasteiger partial charge on any atom is 0.276 e. The van der Waals surface area contributed by atoms with Crippen LogP contribution in [0.4, 0.5) is 5.69 Å². The van der Waals surface area contributed by atoms with Gasteiger partial charge in [-0.2, -0.15) is 0 Å². The van der Waals surface area contributed by atoms with Crippen molar-refractivity contribution in [1.82, 2.24) is 19.8 Å². The molecule has 2 N–H and O–H groups in total. The number of aromatic nitrogens is 2. The van der Waals surface area contributed by atoms with Crippen LogP contribution in [-0.2, 0) is 16.1 Å². The molecule has 0 spiro atoms. The number of carbonyl (C=O) groups excluding carboxylic acids is 3. The van der Waals surface area contributed by atoms with E-state index in [9.17, 15) is 14.4 Å². The molecular weight excluding hydrogens is 422 g/mol. The van der Waals surface area contributed by atoms with Crippen LogP contribution in [0.15, 0.2) is 18.5 Å². The summed E-state index contributed by atoms with van der Waals surface area (Å²) in [5.41, 5.74) is 2.95. The summed E-state index contributed by atoms with van der Waals surface area (Å²) in [5.74, 6) is -1.01. The summed E-state index contributed by atoms with van der Waals surface area (Å²) in [6, 6.07) is 3.98. The van der Waals surface area contributed by atoms with Crippen LogP contribution in [-0.4, -0.2) is 64.0 Å². The van der Waals surface area contributed by atoms with Crippen molar-refractivity contribution in [2.24, 2.45) is 0 Å². The smallest absolute Gasteiger partial charge is 0.276 e. The summed E-state index contributed by atoms with van der Waals surface area (Å²) in [4.78, 5) is 45.9. The minimum Gasteiger partial charge on any atom is -0.383 e. The van der Waals surface area contributed by atoms with E-state index in [0.717, 1.165) is 35.2 Å². The molecule has 3 amide bonds. The predicted octanol–water partition coefficient (Wildman–Crippen LogP) is 2.20. The molecule has 33 heavy (non-hydrogen) atoms. The number of benzene rings is 1. The molecule has 1 unspecified atom stereocenters. The van der Waals surface area contributed by atoms with Gasteiger partial charge in [0.2, 0.25) is 5.91 Å². The second-order valence-corrected chi connectivity index (χ2v) is 9.23. The van der Waals surface area contributed by atoms with E-state index >= 15 is 0 Å². The SMILES string of the molecule is COCCNC(=O)C1(C)Cn2cnc(C(=O)Nc3c(C)cc(C)cc3C)c2C(=O)N1C1CC1. The Bertz CT molecular complexity index is 1100. The molecule has 9 heteroatoms. The number of aryl methyl sites for hydroxylation is 3. The third-order valence-electron chi connectivity index (χ3n) is 6.39. The van der Waals surface area contributed by atoms with Crippen molar-refractivity contribution >= 4 is 23.4 Å². The molecule has 2 heterocycles. The lowest BCUT2D eigenvalue weighted by Gasteiger charge is -2.44. The first-order chi connectivity index (χ1) is 15.7. The number of amides is 3. The molecule has 1 atom stereocenters. The lowest BCUT2D eigenvalue weighted by Crippen LogP contribution is -2.65. The molecule has 0 saturated heterocycles. The largest absolute Gasteiger partial charge is 0.383 e. The van der Waals surface area contributed by atoms with E-state index in [-0.39, 0.29) is 35.8 Å². The summed E-state index contributed by atoms with van der Waals surface area (Å²) in [6.45, 7) is 8.62. The molecular formula is C24H31N5O4. The van der Waals surface area contributed by atoms with Crippen LogP contribution in [0, 0.1) is 20.8 Å². The Morgan fingerprint density at radius 1 is 1.21 bits per heavy atom. The molecule has 2 aromatic rings. The van der Waals surface area contributed by atoms with E-state index in [4.69, 9.17) is 4.74 Å². The van der Waals surface area contributed by atoms with E-state index in [0.29, 0.717) is 13.2 Å². The fraction of sp³-hybridized carbons (Fsp3) is 0.500. The molecule has 176 valence electrons. The average Bonchev–Trinajstić information content (AvgIpc) is 3.48. The van der Waals surface area contributed by atoms with Crippen LogP contribution >= 0.6 is 0 Å². The monoisotopic (exact) mass is 453 g/mol. The van der Waals surface area contributed by atoms with Crippen molar-refractivity contribution < 1.29 is 19.1 Å². The van der Waals surface area contributed by atoms with Gasteiger partial charge in [0.25, 0.3) is 11.8 Å². The number of imidazole rings is 1. The van der Waals surface area contributed by atoms with Crippen molar-refractivity contribution in [3.05, 3.63) is 46.5 Å². The molecule has 1 aromatic heterocycles. The fourth-order valence-corrected chi connectivity index (χ4v) is 4.73. The highest BCUT2D eigenvalue weighted by molar-refractivity contribution is 6.12. The maximum absolute atomic E-state index is 13.6. The van der Waals surface area contributed by atoms with Gasteiger partial charge in [-0.3, -0.25) is 14.4 Å². The molecule has 1 fully saturated rings. The highest BCUT2D eigenvalue weighted by Gasteiger charge is 2.53. The third-order valence-corrected chi connectivity index (χ3v) is 6.39. The Hall–Kier alpha value is -3.20. The Morgan fingerprint density at radius 2 is 1.88 bits per heavy atom. The van der Waals surface area contributed by atoms with Gasteiger partial charge in [-0.1, -0.05) is 17.7 Å². The predicted molar refractivity (Wildman–Crippen MR) is 123 cm³/mol. The van der Waals surface area contributed by atoms with Gasteiger partial charge in [-0.25, -0.2) is 4.98 Å². The number of hydrogen-bond donors (Lipinski definition) is 2. The van der Waals surface area contributed by atoms with Gasteiger partial charge >= 0.3 is 0 Å². The Morgan fingerprint density at radius 3 is 2.48 bits per heavy atom. The van der Waals surface area contributed by atoms with Gasteiger partial charge < -0.3 is 24.8 Å². The van der Waals surface area contributed by atoms with Crippen molar-refractivity contribution in [2.45, 2.75) is 58.7 Å². The topological polar surface area (TPSA) is 106 Å². The normalized spacial score (nSPS) is 19.9. The summed E-state index contributed by atoms with van der Waals surface area (Å²) >= 11 is 0. The number of ether oxygens (including phenoxy) is 1. The highest BCUT2D eigenvalue weighted by Crippen LogP contribution is 2.39.